The van der Waals surface area contributed by atoms with Crippen molar-refractivity contribution in [1.29, 1.82) is 0 Å². The minimum atomic E-state index is -0.558. The van der Waals surface area contributed by atoms with Crippen molar-refractivity contribution in [2.24, 2.45) is 0 Å². The molecule has 0 saturated heterocycles. The average Bonchev–Trinajstić information content (AvgIpc) is 2.53. The van der Waals surface area contributed by atoms with Gasteiger partial charge in [0.05, 0.1) is 4.92 Å². The Bertz CT molecular complexity index is 757. The van der Waals surface area contributed by atoms with Crippen molar-refractivity contribution in [2.45, 2.75) is 13.0 Å². The van der Waals surface area contributed by atoms with Crippen LogP contribution in [0.3, 0.4) is 0 Å². The van der Waals surface area contributed by atoms with Gasteiger partial charge >= 0.3 is 6.03 Å². The van der Waals surface area contributed by atoms with Gasteiger partial charge in [0.25, 0.3) is 5.69 Å². The number of hydrogen-bond donors (Lipinski definition) is 2. The van der Waals surface area contributed by atoms with E-state index in [1.807, 2.05) is 0 Å². The highest BCUT2D eigenvalue weighted by atomic mass is 16.6. The Morgan fingerprint density at radius 3 is 2.65 bits per heavy atom. The standard InChI is InChI=1S/C15H16N4O4/c20-14-8-3-4-10-18(14)11-5-9-16-15(21)17-12-6-1-2-7-13(12)19(22)23/h1-4,6-8,10H,5,9,11H2,(H2,16,17,21). The molecule has 2 aromatic rings. The Morgan fingerprint density at radius 1 is 1.17 bits per heavy atom. The van der Waals surface area contributed by atoms with E-state index in [0.29, 0.717) is 19.5 Å². The summed E-state index contributed by atoms with van der Waals surface area (Å²) in [6, 6.07) is 10.3. The molecule has 2 N–H and O–H groups in total. The first-order chi connectivity index (χ1) is 11.1. The zero-order valence-corrected chi connectivity index (χ0v) is 12.3. The lowest BCUT2D eigenvalue weighted by Gasteiger charge is -2.08. The molecule has 120 valence electrons. The third-order valence-corrected chi connectivity index (χ3v) is 3.11. The summed E-state index contributed by atoms with van der Waals surface area (Å²) in [7, 11) is 0. The van der Waals surface area contributed by atoms with E-state index >= 15 is 0 Å². The zero-order valence-electron chi connectivity index (χ0n) is 12.3. The van der Waals surface area contributed by atoms with Gasteiger partial charge in [0, 0.05) is 31.4 Å². The fourth-order valence-corrected chi connectivity index (χ4v) is 2.00. The van der Waals surface area contributed by atoms with Crippen LogP contribution in [0.25, 0.3) is 0 Å². The minimum absolute atomic E-state index is 0.100. The first kappa shape index (κ1) is 16.2. The molecule has 23 heavy (non-hydrogen) atoms. The summed E-state index contributed by atoms with van der Waals surface area (Å²) in [6.07, 6.45) is 2.24. The highest BCUT2D eigenvalue weighted by Crippen LogP contribution is 2.22. The molecule has 0 aliphatic carbocycles. The van der Waals surface area contributed by atoms with E-state index in [-0.39, 0.29) is 16.9 Å². The second-order valence-electron chi connectivity index (χ2n) is 4.74. The monoisotopic (exact) mass is 316 g/mol. The summed E-state index contributed by atoms with van der Waals surface area (Å²) < 4.78 is 1.54. The first-order valence-corrected chi connectivity index (χ1v) is 7.01. The molecule has 1 aromatic carbocycles. The predicted molar refractivity (Wildman–Crippen MR) is 85.4 cm³/mol. The fraction of sp³-hybridized carbons (Fsp3) is 0.200. The molecule has 0 bridgehead atoms. The van der Waals surface area contributed by atoms with Gasteiger partial charge in [-0.15, -0.1) is 0 Å². The van der Waals surface area contributed by atoms with Crippen LogP contribution < -0.4 is 16.2 Å². The lowest BCUT2D eigenvalue weighted by molar-refractivity contribution is -0.383. The molecule has 2 amide bonds. The molecule has 0 radical (unpaired) electrons. The molecule has 2 rings (SSSR count). The molecule has 0 saturated carbocycles. The number of anilines is 1. The number of carbonyl (C=O) groups is 1. The van der Waals surface area contributed by atoms with Crippen molar-refractivity contribution in [3.05, 3.63) is 69.1 Å². The van der Waals surface area contributed by atoms with Crippen LogP contribution in [-0.4, -0.2) is 22.1 Å². The second-order valence-corrected chi connectivity index (χ2v) is 4.74. The molecule has 1 heterocycles. The van der Waals surface area contributed by atoms with E-state index in [1.54, 1.807) is 29.0 Å². The van der Waals surface area contributed by atoms with Gasteiger partial charge in [0.1, 0.15) is 5.69 Å². The maximum Gasteiger partial charge on any atom is 0.319 e. The number of carbonyl (C=O) groups excluding carboxylic acids is 1. The largest absolute Gasteiger partial charge is 0.338 e. The SMILES string of the molecule is O=C(NCCCn1ccccc1=O)Nc1ccccc1[N+](=O)[O-]. The number of urea groups is 1. The van der Waals surface area contributed by atoms with Crippen LogP contribution in [0.15, 0.2) is 53.5 Å². The number of aromatic nitrogens is 1. The number of nitro benzene ring substituents is 1. The van der Waals surface area contributed by atoms with Gasteiger partial charge in [0.15, 0.2) is 0 Å². The molecule has 0 aliphatic heterocycles. The third-order valence-electron chi connectivity index (χ3n) is 3.11. The number of nitrogens with one attached hydrogen (secondary N) is 2. The van der Waals surface area contributed by atoms with Crippen LogP contribution in [0.4, 0.5) is 16.2 Å². The van der Waals surface area contributed by atoms with Gasteiger partial charge in [-0.2, -0.15) is 0 Å². The van der Waals surface area contributed by atoms with Crippen molar-refractivity contribution in [3.63, 3.8) is 0 Å². The number of aryl methyl sites for hydroxylation is 1. The van der Waals surface area contributed by atoms with Gasteiger partial charge in [0.2, 0.25) is 5.56 Å². The molecule has 0 unspecified atom stereocenters. The number of rotatable bonds is 6. The van der Waals surface area contributed by atoms with Gasteiger partial charge in [-0.25, -0.2) is 4.79 Å². The topological polar surface area (TPSA) is 106 Å². The van der Waals surface area contributed by atoms with E-state index in [0.717, 1.165) is 0 Å². The van der Waals surface area contributed by atoms with Gasteiger partial charge in [-0.1, -0.05) is 18.2 Å². The number of pyridine rings is 1. The van der Waals surface area contributed by atoms with E-state index in [2.05, 4.69) is 10.6 Å². The number of hydrogen-bond acceptors (Lipinski definition) is 4. The van der Waals surface area contributed by atoms with Crippen LogP contribution in [0.5, 0.6) is 0 Å². The summed E-state index contributed by atoms with van der Waals surface area (Å²) in [5.74, 6) is 0. The van der Waals surface area contributed by atoms with Crippen molar-refractivity contribution < 1.29 is 9.72 Å². The molecular weight excluding hydrogens is 300 g/mol. The molecular formula is C15H16N4O4. The maximum atomic E-state index is 11.8. The Kier molecular flexibility index (Phi) is 5.45. The van der Waals surface area contributed by atoms with Crippen molar-refractivity contribution >= 4 is 17.4 Å². The maximum absolute atomic E-state index is 11.8. The number of nitro groups is 1. The summed E-state index contributed by atoms with van der Waals surface area (Å²) >= 11 is 0. The third kappa shape index (κ3) is 4.67. The van der Waals surface area contributed by atoms with Gasteiger partial charge < -0.3 is 15.2 Å². The van der Waals surface area contributed by atoms with E-state index in [9.17, 15) is 19.7 Å². The van der Waals surface area contributed by atoms with Crippen molar-refractivity contribution in [1.82, 2.24) is 9.88 Å². The fourth-order valence-electron chi connectivity index (χ4n) is 2.00. The molecule has 8 nitrogen and oxygen atoms in total. The number of amides is 2. The average molecular weight is 316 g/mol. The van der Waals surface area contributed by atoms with Crippen molar-refractivity contribution in [3.8, 4) is 0 Å². The molecule has 0 spiro atoms. The van der Waals surface area contributed by atoms with Gasteiger partial charge in [-0.3, -0.25) is 14.9 Å². The molecule has 8 heteroatoms. The van der Waals surface area contributed by atoms with Crippen LogP contribution in [0, 0.1) is 10.1 Å². The van der Waals surface area contributed by atoms with Crippen LogP contribution in [-0.2, 0) is 6.54 Å². The van der Waals surface area contributed by atoms with Gasteiger partial charge in [-0.05, 0) is 18.6 Å². The quantitative estimate of drug-likeness (QED) is 0.482. The summed E-state index contributed by atoms with van der Waals surface area (Å²) in [5, 5.41) is 15.9. The second kappa shape index (κ2) is 7.74. The van der Waals surface area contributed by atoms with E-state index in [1.165, 1.54) is 24.3 Å². The molecule has 0 atom stereocenters. The molecule has 0 fully saturated rings. The van der Waals surface area contributed by atoms with E-state index < -0.39 is 11.0 Å². The predicted octanol–water partition coefficient (Wildman–Crippen LogP) is 1.97. The molecule has 0 aliphatic rings. The highest BCUT2D eigenvalue weighted by Gasteiger charge is 2.14. The lowest BCUT2D eigenvalue weighted by Crippen LogP contribution is -2.31. The number of para-hydroxylation sites is 2. The van der Waals surface area contributed by atoms with Crippen molar-refractivity contribution in [2.75, 3.05) is 11.9 Å². The Balaban J connectivity index is 1.81. The number of benzene rings is 1. The Morgan fingerprint density at radius 2 is 1.91 bits per heavy atom. The summed E-state index contributed by atoms with van der Waals surface area (Å²) in [6.45, 7) is 0.819. The minimum Gasteiger partial charge on any atom is -0.338 e. The lowest BCUT2D eigenvalue weighted by atomic mass is 10.3. The summed E-state index contributed by atoms with van der Waals surface area (Å²) in [4.78, 5) is 33.5. The summed E-state index contributed by atoms with van der Waals surface area (Å²) in [5.41, 5.74) is -0.135. The first-order valence-electron chi connectivity index (χ1n) is 7.01. The zero-order chi connectivity index (χ0) is 16.7. The number of nitrogens with zero attached hydrogens (tertiary/aromatic N) is 2. The van der Waals surface area contributed by atoms with Crippen LogP contribution >= 0.6 is 0 Å². The van der Waals surface area contributed by atoms with E-state index in [4.69, 9.17) is 0 Å². The Labute approximate surface area is 131 Å². The van der Waals surface area contributed by atoms with Crippen LogP contribution in [0.1, 0.15) is 6.42 Å². The Hall–Kier alpha value is -3.16. The molecule has 1 aromatic heterocycles. The highest BCUT2D eigenvalue weighted by molar-refractivity contribution is 5.91. The smallest absolute Gasteiger partial charge is 0.319 e. The normalized spacial score (nSPS) is 10.1. The van der Waals surface area contributed by atoms with Crippen LogP contribution in [0.2, 0.25) is 0 Å².